The summed E-state index contributed by atoms with van der Waals surface area (Å²) in [4.78, 5) is 37.6. The first-order valence-electron chi connectivity index (χ1n) is 8.59. The van der Waals surface area contributed by atoms with Crippen molar-refractivity contribution < 1.29 is 19.1 Å². The number of piperazine rings is 1. The molecule has 1 aliphatic heterocycles. The van der Waals surface area contributed by atoms with Gasteiger partial charge in [-0.15, -0.1) is 0 Å². The molecule has 7 nitrogen and oxygen atoms in total. The molecule has 0 aliphatic carbocycles. The lowest BCUT2D eigenvalue weighted by atomic mass is 10.1. The Balaban J connectivity index is 1.91. The average Bonchev–Trinajstić information content (AvgIpc) is 2.62. The summed E-state index contributed by atoms with van der Waals surface area (Å²) < 4.78 is 4.91. The van der Waals surface area contributed by atoms with Gasteiger partial charge in [-0.1, -0.05) is 30.3 Å². The predicted octanol–water partition coefficient (Wildman–Crippen LogP) is 0.774. The van der Waals surface area contributed by atoms with Crippen LogP contribution in [0.2, 0.25) is 0 Å². The molecule has 1 unspecified atom stereocenters. The number of hydrogen-bond donors (Lipinski definition) is 2. The van der Waals surface area contributed by atoms with Gasteiger partial charge in [0.25, 0.3) is 0 Å². The molecule has 0 bridgehead atoms. The van der Waals surface area contributed by atoms with Crippen LogP contribution in [0.3, 0.4) is 0 Å². The summed E-state index contributed by atoms with van der Waals surface area (Å²) in [5, 5.41) is 5.53. The van der Waals surface area contributed by atoms with Gasteiger partial charge in [-0.05, 0) is 31.1 Å². The van der Waals surface area contributed by atoms with Gasteiger partial charge in [-0.2, -0.15) is 0 Å². The number of nitrogens with zero attached hydrogens (tertiary/aromatic N) is 1. The second-order valence-electron chi connectivity index (χ2n) is 5.85. The van der Waals surface area contributed by atoms with E-state index in [-0.39, 0.29) is 36.4 Å². The summed E-state index contributed by atoms with van der Waals surface area (Å²) in [6.45, 7) is 2.77. The van der Waals surface area contributed by atoms with Gasteiger partial charge in [0.2, 0.25) is 11.8 Å². The van der Waals surface area contributed by atoms with Crippen molar-refractivity contribution >= 4 is 35.1 Å². The molecule has 0 spiro atoms. The van der Waals surface area contributed by atoms with Crippen molar-refractivity contribution in [1.82, 2.24) is 15.5 Å². The van der Waals surface area contributed by atoms with Crippen LogP contribution in [0.1, 0.15) is 25.3 Å². The van der Waals surface area contributed by atoms with Crippen molar-refractivity contribution in [2.75, 3.05) is 19.7 Å². The van der Waals surface area contributed by atoms with Crippen LogP contribution in [-0.2, 0) is 25.5 Å². The van der Waals surface area contributed by atoms with Gasteiger partial charge in [0, 0.05) is 19.5 Å². The lowest BCUT2D eigenvalue weighted by Gasteiger charge is -2.36. The van der Waals surface area contributed by atoms with Crippen LogP contribution in [-0.4, -0.2) is 53.5 Å². The molecule has 1 atom stereocenters. The smallest absolute Gasteiger partial charge is 0.308 e. The maximum atomic E-state index is 12.2. The Bertz CT molecular complexity index is 666. The molecule has 1 aliphatic rings. The number of carbonyl (C=O) groups excluding carboxylic acids is 3. The summed E-state index contributed by atoms with van der Waals surface area (Å²) in [7, 11) is 0. The third kappa shape index (κ3) is 5.80. The van der Waals surface area contributed by atoms with E-state index in [1.165, 1.54) is 0 Å². The number of aryl methyl sites for hydroxylation is 1. The summed E-state index contributed by atoms with van der Waals surface area (Å²) in [6, 6.07) is 8.90. The van der Waals surface area contributed by atoms with Crippen LogP contribution in [0.25, 0.3) is 0 Å². The molecule has 8 heteroatoms. The number of thiocarbonyl (C=S) groups is 1. The maximum Gasteiger partial charge on any atom is 0.308 e. The molecular formula is C18H23N3O4S. The molecule has 140 valence electrons. The summed E-state index contributed by atoms with van der Waals surface area (Å²) in [5.74, 6) is -0.998. The first kappa shape index (κ1) is 19.8. The zero-order valence-corrected chi connectivity index (χ0v) is 15.5. The molecule has 1 fully saturated rings. The molecule has 2 rings (SSSR count). The zero-order chi connectivity index (χ0) is 18.9. The highest BCUT2D eigenvalue weighted by Crippen LogP contribution is 2.11. The molecule has 1 heterocycles. The van der Waals surface area contributed by atoms with Gasteiger partial charge >= 0.3 is 5.97 Å². The minimum absolute atomic E-state index is 0.111. The Hall–Kier alpha value is -2.48. The first-order chi connectivity index (χ1) is 12.5. The summed E-state index contributed by atoms with van der Waals surface area (Å²) >= 11 is 5.29. The summed E-state index contributed by atoms with van der Waals surface area (Å²) in [5.41, 5.74) is 1.06. The molecule has 26 heavy (non-hydrogen) atoms. The van der Waals surface area contributed by atoms with Gasteiger partial charge in [0.1, 0.15) is 6.04 Å². The highest BCUT2D eigenvalue weighted by molar-refractivity contribution is 7.80. The Labute approximate surface area is 158 Å². The predicted molar refractivity (Wildman–Crippen MR) is 100 cm³/mol. The van der Waals surface area contributed by atoms with E-state index in [2.05, 4.69) is 10.6 Å². The fourth-order valence-electron chi connectivity index (χ4n) is 2.69. The lowest BCUT2D eigenvalue weighted by Crippen LogP contribution is -2.60. The molecular weight excluding hydrogens is 354 g/mol. The Morgan fingerprint density at radius 3 is 2.77 bits per heavy atom. The molecule has 1 aromatic carbocycles. The Kier molecular flexibility index (Phi) is 7.53. The third-order valence-corrected chi connectivity index (χ3v) is 4.32. The van der Waals surface area contributed by atoms with Crippen molar-refractivity contribution in [1.29, 1.82) is 0 Å². The quantitative estimate of drug-likeness (QED) is 0.563. The maximum absolute atomic E-state index is 12.2. The first-order valence-corrected chi connectivity index (χ1v) is 8.99. The molecule has 2 amide bonds. The van der Waals surface area contributed by atoms with Crippen molar-refractivity contribution in [2.24, 2.45) is 0 Å². The van der Waals surface area contributed by atoms with Crippen LogP contribution in [0, 0.1) is 0 Å². The fraction of sp³-hybridized carbons (Fsp3) is 0.444. The van der Waals surface area contributed by atoms with E-state index in [4.69, 9.17) is 17.0 Å². The minimum atomic E-state index is -0.773. The zero-order valence-electron chi connectivity index (χ0n) is 14.7. The third-order valence-electron chi connectivity index (χ3n) is 3.99. The van der Waals surface area contributed by atoms with E-state index in [1.807, 2.05) is 30.3 Å². The number of amides is 2. The van der Waals surface area contributed by atoms with Crippen LogP contribution in [0.15, 0.2) is 30.3 Å². The molecule has 0 aromatic heterocycles. The van der Waals surface area contributed by atoms with Gasteiger partial charge < -0.3 is 20.3 Å². The van der Waals surface area contributed by atoms with E-state index in [9.17, 15) is 14.4 Å². The number of carbonyl (C=O) groups is 3. The Morgan fingerprint density at radius 1 is 1.35 bits per heavy atom. The van der Waals surface area contributed by atoms with Crippen molar-refractivity contribution in [3.05, 3.63) is 35.9 Å². The van der Waals surface area contributed by atoms with Crippen molar-refractivity contribution in [3.63, 3.8) is 0 Å². The fourth-order valence-corrected chi connectivity index (χ4v) is 3.03. The molecule has 0 radical (unpaired) electrons. The number of nitrogens with one attached hydrogen (secondary N) is 2. The van der Waals surface area contributed by atoms with Crippen molar-refractivity contribution in [2.45, 2.75) is 32.2 Å². The second kappa shape index (κ2) is 9.86. The lowest BCUT2D eigenvalue weighted by molar-refractivity contribution is -0.147. The number of rotatable bonds is 6. The number of ether oxygens (including phenoxy) is 1. The van der Waals surface area contributed by atoms with E-state index in [0.29, 0.717) is 19.5 Å². The average molecular weight is 377 g/mol. The van der Waals surface area contributed by atoms with E-state index in [0.717, 1.165) is 5.56 Å². The number of hydrogen-bond acceptors (Lipinski definition) is 5. The van der Waals surface area contributed by atoms with Gasteiger partial charge in [-0.3, -0.25) is 14.4 Å². The van der Waals surface area contributed by atoms with Gasteiger partial charge in [-0.25, -0.2) is 0 Å². The molecule has 1 saturated heterocycles. The van der Waals surface area contributed by atoms with E-state index in [1.54, 1.807) is 11.8 Å². The van der Waals surface area contributed by atoms with Crippen LogP contribution >= 0.6 is 12.2 Å². The molecule has 0 saturated carbocycles. The largest absolute Gasteiger partial charge is 0.466 e. The van der Waals surface area contributed by atoms with Crippen molar-refractivity contribution in [3.8, 4) is 0 Å². The second-order valence-corrected chi connectivity index (χ2v) is 6.23. The number of esters is 1. The molecule has 1 aromatic rings. The van der Waals surface area contributed by atoms with Gasteiger partial charge in [0.15, 0.2) is 5.11 Å². The Morgan fingerprint density at radius 2 is 2.08 bits per heavy atom. The standard InChI is InChI=1S/C18H23N3O4S/c1-2-25-16(23)12-14-17(24)19-10-11-21(14)18(26)20-15(22)9-8-13-6-4-3-5-7-13/h3-7,14H,2,8-12H2,1H3,(H,19,24)(H,20,22,26). The topological polar surface area (TPSA) is 87.7 Å². The highest BCUT2D eigenvalue weighted by Gasteiger charge is 2.34. The highest BCUT2D eigenvalue weighted by atomic mass is 32.1. The van der Waals surface area contributed by atoms with Gasteiger partial charge in [0.05, 0.1) is 13.0 Å². The SMILES string of the molecule is CCOC(=O)CC1C(=O)NCCN1C(=S)NC(=O)CCc1ccccc1. The van der Waals surface area contributed by atoms with Crippen LogP contribution < -0.4 is 10.6 Å². The monoisotopic (exact) mass is 377 g/mol. The van der Waals surface area contributed by atoms with Crippen LogP contribution in [0.4, 0.5) is 0 Å². The normalized spacial score (nSPS) is 16.6. The minimum Gasteiger partial charge on any atom is -0.466 e. The van der Waals surface area contributed by atoms with E-state index < -0.39 is 12.0 Å². The van der Waals surface area contributed by atoms with Crippen LogP contribution in [0.5, 0.6) is 0 Å². The van der Waals surface area contributed by atoms with E-state index >= 15 is 0 Å². The number of benzene rings is 1. The summed E-state index contributed by atoms with van der Waals surface area (Å²) in [6.07, 6.45) is 0.772. The molecule has 2 N–H and O–H groups in total.